The van der Waals surface area contributed by atoms with Gasteiger partial charge in [0.25, 0.3) is 0 Å². The highest BCUT2D eigenvalue weighted by Crippen LogP contribution is 2.22. The minimum atomic E-state index is -0.514. The molecule has 3 rings (SSSR count). The predicted molar refractivity (Wildman–Crippen MR) is 87.3 cm³/mol. The van der Waals surface area contributed by atoms with E-state index >= 15 is 0 Å². The Labute approximate surface area is 142 Å². The van der Waals surface area contributed by atoms with Crippen molar-refractivity contribution in [1.82, 2.24) is 4.90 Å². The van der Waals surface area contributed by atoms with Crippen LogP contribution < -0.4 is 0 Å². The van der Waals surface area contributed by atoms with Crippen LogP contribution in [-0.2, 0) is 14.2 Å². The van der Waals surface area contributed by atoms with E-state index in [4.69, 9.17) is 14.2 Å². The largest absolute Gasteiger partial charge is 0.389 e. The van der Waals surface area contributed by atoms with Gasteiger partial charge in [-0.15, -0.1) is 0 Å². The lowest BCUT2D eigenvalue weighted by atomic mass is 10.1. The molecule has 2 saturated heterocycles. The SMILES string of the molecule is O[C@H](COC1CCOCC1)CN1CCO[C@@H](c2ccc(F)cc2)C1. The first-order chi connectivity index (χ1) is 11.7. The Hall–Kier alpha value is -1.05. The second-order valence-corrected chi connectivity index (χ2v) is 6.47. The molecule has 24 heavy (non-hydrogen) atoms. The maximum absolute atomic E-state index is 13.0. The van der Waals surface area contributed by atoms with Crippen LogP contribution in [0.3, 0.4) is 0 Å². The lowest BCUT2D eigenvalue weighted by Crippen LogP contribution is -2.43. The van der Waals surface area contributed by atoms with Crippen molar-refractivity contribution in [2.45, 2.75) is 31.2 Å². The van der Waals surface area contributed by atoms with Gasteiger partial charge in [0.1, 0.15) is 5.82 Å². The quantitative estimate of drug-likeness (QED) is 0.856. The zero-order valence-corrected chi connectivity index (χ0v) is 13.9. The van der Waals surface area contributed by atoms with Crippen molar-refractivity contribution in [3.8, 4) is 0 Å². The smallest absolute Gasteiger partial charge is 0.123 e. The molecule has 2 aliphatic rings. The van der Waals surface area contributed by atoms with Gasteiger partial charge in [0, 0.05) is 32.8 Å². The summed E-state index contributed by atoms with van der Waals surface area (Å²) in [4.78, 5) is 2.18. The van der Waals surface area contributed by atoms with Crippen molar-refractivity contribution in [2.24, 2.45) is 0 Å². The van der Waals surface area contributed by atoms with Gasteiger partial charge in [-0.2, -0.15) is 0 Å². The molecule has 0 amide bonds. The molecule has 2 heterocycles. The third-order valence-electron chi connectivity index (χ3n) is 4.55. The minimum absolute atomic E-state index is 0.0806. The van der Waals surface area contributed by atoms with Gasteiger partial charge in [-0.05, 0) is 30.5 Å². The standard InChI is InChI=1S/C18H26FNO4/c19-15-3-1-14(2-4-15)18-12-20(7-10-23-18)11-16(21)13-24-17-5-8-22-9-6-17/h1-4,16-18,21H,5-13H2/t16-,18+/m0/s1. The first kappa shape index (κ1) is 17.8. The van der Waals surface area contributed by atoms with Crippen molar-refractivity contribution in [3.05, 3.63) is 35.6 Å². The molecule has 6 heteroatoms. The summed E-state index contributed by atoms with van der Waals surface area (Å²) in [5.74, 6) is -0.243. The Bertz CT molecular complexity index is 492. The first-order valence-electron chi connectivity index (χ1n) is 8.67. The second-order valence-electron chi connectivity index (χ2n) is 6.47. The number of rotatable bonds is 6. The van der Waals surface area contributed by atoms with E-state index in [9.17, 15) is 9.50 Å². The Kier molecular flexibility index (Phi) is 6.57. The summed E-state index contributed by atoms with van der Waals surface area (Å²) in [6.45, 7) is 4.47. The number of morpholine rings is 1. The minimum Gasteiger partial charge on any atom is -0.389 e. The number of hydrogen-bond acceptors (Lipinski definition) is 5. The number of aliphatic hydroxyl groups is 1. The van der Waals surface area contributed by atoms with Gasteiger partial charge in [-0.1, -0.05) is 12.1 Å². The Morgan fingerprint density at radius 1 is 1.21 bits per heavy atom. The van der Waals surface area contributed by atoms with Gasteiger partial charge >= 0.3 is 0 Å². The predicted octanol–water partition coefficient (Wildman–Crippen LogP) is 1.76. The molecular weight excluding hydrogens is 313 g/mol. The van der Waals surface area contributed by atoms with Gasteiger partial charge in [0.05, 0.1) is 31.5 Å². The van der Waals surface area contributed by atoms with Gasteiger partial charge in [0.2, 0.25) is 0 Å². The molecular formula is C18H26FNO4. The molecule has 0 aromatic heterocycles. The Morgan fingerprint density at radius 2 is 1.96 bits per heavy atom. The van der Waals surface area contributed by atoms with Crippen LogP contribution in [0.5, 0.6) is 0 Å². The van der Waals surface area contributed by atoms with Gasteiger partial charge in [-0.3, -0.25) is 4.90 Å². The summed E-state index contributed by atoms with van der Waals surface area (Å²) < 4.78 is 29.9. The molecule has 1 N–H and O–H groups in total. The fraction of sp³-hybridized carbons (Fsp3) is 0.667. The number of hydrogen-bond donors (Lipinski definition) is 1. The highest BCUT2D eigenvalue weighted by molar-refractivity contribution is 5.19. The van der Waals surface area contributed by atoms with Crippen LogP contribution in [0.25, 0.3) is 0 Å². The summed E-state index contributed by atoms with van der Waals surface area (Å²) in [5.41, 5.74) is 0.967. The lowest BCUT2D eigenvalue weighted by molar-refractivity contribution is -0.0781. The normalized spacial score (nSPS) is 24.8. The summed E-state index contributed by atoms with van der Waals surface area (Å²) in [6, 6.07) is 6.42. The zero-order valence-electron chi connectivity index (χ0n) is 13.9. The molecule has 5 nitrogen and oxygen atoms in total. The lowest BCUT2D eigenvalue weighted by Gasteiger charge is -2.34. The van der Waals surface area contributed by atoms with E-state index in [2.05, 4.69) is 4.90 Å². The fourth-order valence-corrected chi connectivity index (χ4v) is 3.19. The van der Waals surface area contributed by atoms with Crippen LogP contribution in [0.15, 0.2) is 24.3 Å². The maximum Gasteiger partial charge on any atom is 0.123 e. The topological polar surface area (TPSA) is 51.2 Å². The Balaban J connectivity index is 1.43. The number of aliphatic hydroxyl groups excluding tert-OH is 1. The van der Waals surface area contributed by atoms with Gasteiger partial charge in [0.15, 0.2) is 0 Å². The molecule has 1 aromatic rings. The van der Waals surface area contributed by atoms with Crippen molar-refractivity contribution in [3.63, 3.8) is 0 Å². The van der Waals surface area contributed by atoms with E-state index in [0.29, 0.717) is 26.3 Å². The van der Waals surface area contributed by atoms with Crippen molar-refractivity contribution < 1.29 is 23.7 Å². The van der Waals surface area contributed by atoms with Crippen LogP contribution in [-0.4, -0.2) is 68.3 Å². The van der Waals surface area contributed by atoms with E-state index in [1.807, 2.05) is 0 Å². The van der Waals surface area contributed by atoms with Crippen molar-refractivity contribution >= 4 is 0 Å². The molecule has 0 aliphatic carbocycles. The third kappa shape index (κ3) is 5.22. The average Bonchev–Trinajstić information content (AvgIpc) is 2.62. The van der Waals surface area contributed by atoms with Crippen LogP contribution in [0.1, 0.15) is 24.5 Å². The summed E-state index contributed by atoms with van der Waals surface area (Å²) >= 11 is 0. The molecule has 0 saturated carbocycles. The zero-order chi connectivity index (χ0) is 16.8. The molecule has 0 radical (unpaired) electrons. The number of benzene rings is 1. The Morgan fingerprint density at radius 3 is 2.71 bits per heavy atom. The molecule has 1 aromatic carbocycles. The maximum atomic E-state index is 13.0. The van der Waals surface area contributed by atoms with Crippen molar-refractivity contribution in [2.75, 3.05) is 46.1 Å². The molecule has 2 fully saturated rings. The third-order valence-corrected chi connectivity index (χ3v) is 4.55. The van der Waals surface area contributed by atoms with Gasteiger partial charge in [-0.25, -0.2) is 4.39 Å². The summed E-state index contributed by atoms with van der Waals surface area (Å²) in [7, 11) is 0. The molecule has 0 unspecified atom stereocenters. The first-order valence-corrected chi connectivity index (χ1v) is 8.67. The molecule has 134 valence electrons. The monoisotopic (exact) mass is 339 g/mol. The van der Waals surface area contributed by atoms with Gasteiger partial charge < -0.3 is 19.3 Å². The van der Waals surface area contributed by atoms with E-state index in [-0.39, 0.29) is 18.0 Å². The van der Waals surface area contributed by atoms with E-state index < -0.39 is 6.10 Å². The second kappa shape index (κ2) is 8.87. The number of nitrogens with zero attached hydrogens (tertiary/aromatic N) is 1. The van der Waals surface area contributed by atoms with Crippen LogP contribution in [0.2, 0.25) is 0 Å². The van der Waals surface area contributed by atoms with Crippen LogP contribution >= 0.6 is 0 Å². The van der Waals surface area contributed by atoms with E-state index in [1.54, 1.807) is 12.1 Å². The number of β-amino-alcohol motifs (C(OH)–C–C–N with tert-alkyl or cyclic N) is 1. The summed E-state index contributed by atoms with van der Waals surface area (Å²) in [6.07, 6.45) is 1.40. The number of ether oxygens (including phenoxy) is 3. The van der Waals surface area contributed by atoms with E-state index in [0.717, 1.165) is 38.2 Å². The van der Waals surface area contributed by atoms with Crippen LogP contribution in [0.4, 0.5) is 4.39 Å². The number of halogens is 1. The summed E-state index contributed by atoms with van der Waals surface area (Å²) in [5, 5.41) is 10.2. The average molecular weight is 339 g/mol. The molecule has 0 bridgehead atoms. The fourth-order valence-electron chi connectivity index (χ4n) is 3.19. The highest BCUT2D eigenvalue weighted by Gasteiger charge is 2.24. The van der Waals surface area contributed by atoms with Crippen molar-refractivity contribution in [1.29, 1.82) is 0 Å². The highest BCUT2D eigenvalue weighted by atomic mass is 19.1. The molecule has 2 aliphatic heterocycles. The molecule has 0 spiro atoms. The van der Waals surface area contributed by atoms with E-state index in [1.165, 1.54) is 12.1 Å². The van der Waals surface area contributed by atoms with Crippen LogP contribution in [0, 0.1) is 5.82 Å². The molecule has 2 atom stereocenters.